The minimum atomic E-state index is -0.130. The van der Waals surface area contributed by atoms with Crippen molar-refractivity contribution in [1.82, 2.24) is 5.32 Å². The number of hydrogen-bond acceptors (Lipinski definition) is 4. The van der Waals surface area contributed by atoms with Gasteiger partial charge >= 0.3 is 0 Å². The highest BCUT2D eigenvalue weighted by Gasteiger charge is 2.16. The van der Waals surface area contributed by atoms with E-state index in [4.69, 9.17) is 9.47 Å². The van der Waals surface area contributed by atoms with Crippen molar-refractivity contribution in [2.45, 2.75) is 45.6 Å². The number of ether oxygens (including phenoxy) is 2. The third-order valence-electron chi connectivity index (χ3n) is 5.02. The third-order valence-corrected chi connectivity index (χ3v) is 5.02. The molecule has 2 amide bonds. The highest BCUT2D eigenvalue weighted by atomic mass is 16.5. The molecule has 1 unspecified atom stereocenters. The molecule has 0 spiro atoms. The molecule has 29 heavy (non-hydrogen) atoms. The second kappa shape index (κ2) is 9.45. The maximum Gasteiger partial charge on any atom is 0.224 e. The van der Waals surface area contributed by atoms with E-state index in [-0.39, 0.29) is 17.9 Å². The largest absolute Gasteiger partial charge is 0.496 e. The van der Waals surface area contributed by atoms with Gasteiger partial charge in [-0.3, -0.25) is 9.59 Å². The Morgan fingerprint density at radius 1 is 1.21 bits per heavy atom. The van der Waals surface area contributed by atoms with Gasteiger partial charge in [-0.2, -0.15) is 0 Å². The molecule has 0 saturated carbocycles. The van der Waals surface area contributed by atoms with E-state index >= 15 is 0 Å². The average Bonchev–Trinajstić information content (AvgIpc) is 2.71. The molecular formula is C23H28N2O4. The average molecular weight is 396 g/mol. The summed E-state index contributed by atoms with van der Waals surface area (Å²) in [6, 6.07) is 11.5. The van der Waals surface area contributed by atoms with E-state index in [0.29, 0.717) is 25.9 Å². The zero-order valence-corrected chi connectivity index (χ0v) is 17.2. The van der Waals surface area contributed by atoms with Gasteiger partial charge in [0, 0.05) is 24.1 Å². The van der Waals surface area contributed by atoms with Gasteiger partial charge in [0.25, 0.3) is 0 Å². The lowest BCUT2D eigenvalue weighted by Crippen LogP contribution is -2.27. The molecule has 6 heteroatoms. The zero-order chi connectivity index (χ0) is 20.8. The smallest absolute Gasteiger partial charge is 0.224 e. The highest BCUT2D eigenvalue weighted by molar-refractivity contribution is 5.94. The topological polar surface area (TPSA) is 76.7 Å². The molecule has 2 N–H and O–H groups in total. The van der Waals surface area contributed by atoms with Crippen LogP contribution in [0.5, 0.6) is 11.5 Å². The summed E-state index contributed by atoms with van der Waals surface area (Å²) in [6.07, 6.45) is 2.23. The van der Waals surface area contributed by atoms with Crippen LogP contribution in [-0.2, 0) is 16.0 Å². The van der Waals surface area contributed by atoms with Gasteiger partial charge in [-0.25, -0.2) is 0 Å². The molecule has 0 saturated heterocycles. The molecule has 1 aliphatic heterocycles. The Balaban J connectivity index is 1.44. The van der Waals surface area contributed by atoms with E-state index < -0.39 is 0 Å². The Morgan fingerprint density at radius 2 is 2.03 bits per heavy atom. The molecule has 1 aliphatic rings. The molecule has 2 aromatic carbocycles. The van der Waals surface area contributed by atoms with E-state index in [0.717, 1.165) is 40.3 Å². The molecule has 154 valence electrons. The molecule has 1 heterocycles. The van der Waals surface area contributed by atoms with Crippen LogP contribution < -0.4 is 20.1 Å². The number of anilines is 1. The van der Waals surface area contributed by atoms with Crippen molar-refractivity contribution in [3.8, 4) is 11.5 Å². The summed E-state index contributed by atoms with van der Waals surface area (Å²) >= 11 is 0. The Hall–Kier alpha value is -3.02. The number of carbonyl (C=O) groups is 2. The first-order valence-electron chi connectivity index (χ1n) is 9.95. The summed E-state index contributed by atoms with van der Waals surface area (Å²) in [5, 5.41) is 5.88. The van der Waals surface area contributed by atoms with Crippen molar-refractivity contribution in [2.24, 2.45) is 0 Å². The van der Waals surface area contributed by atoms with Crippen molar-refractivity contribution >= 4 is 17.5 Å². The predicted octanol–water partition coefficient (Wildman–Crippen LogP) is 3.92. The van der Waals surface area contributed by atoms with Crippen LogP contribution in [0.1, 0.15) is 48.9 Å². The lowest BCUT2D eigenvalue weighted by molar-refractivity contribution is -0.122. The number of carbonyl (C=O) groups excluding carboxylic acids is 2. The lowest BCUT2D eigenvalue weighted by atomic mass is 10.0. The number of benzene rings is 2. The van der Waals surface area contributed by atoms with Crippen LogP contribution in [0.15, 0.2) is 36.4 Å². The maximum atomic E-state index is 12.3. The van der Waals surface area contributed by atoms with Crippen molar-refractivity contribution in [3.05, 3.63) is 53.1 Å². The second-order valence-electron chi connectivity index (χ2n) is 7.35. The van der Waals surface area contributed by atoms with Gasteiger partial charge in [-0.1, -0.05) is 17.7 Å². The fourth-order valence-electron chi connectivity index (χ4n) is 3.46. The molecule has 0 aliphatic carbocycles. The van der Waals surface area contributed by atoms with Crippen LogP contribution in [0.2, 0.25) is 0 Å². The minimum absolute atomic E-state index is 0.0159. The third kappa shape index (κ3) is 5.50. The van der Waals surface area contributed by atoms with Crippen molar-refractivity contribution < 1.29 is 19.1 Å². The molecule has 2 aromatic rings. The highest BCUT2D eigenvalue weighted by Crippen LogP contribution is 2.27. The van der Waals surface area contributed by atoms with E-state index in [9.17, 15) is 9.59 Å². The van der Waals surface area contributed by atoms with Crippen LogP contribution in [0, 0.1) is 6.92 Å². The van der Waals surface area contributed by atoms with E-state index in [1.807, 2.05) is 50.2 Å². The van der Waals surface area contributed by atoms with Crippen molar-refractivity contribution in [3.63, 3.8) is 0 Å². The predicted molar refractivity (Wildman–Crippen MR) is 112 cm³/mol. The Morgan fingerprint density at radius 3 is 2.83 bits per heavy atom. The monoisotopic (exact) mass is 396 g/mol. The summed E-state index contributed by atoms with van der Waals surface area (Å²) in [4.78, 5) is 23.7. The fourth-order valence-corrected chi connectivity index (χ4v) is 3.46. The number of aryl methyl sites for hydroxylation is 2. The summed E-state index contributed by atoms with van der Waals surface area (Å²) in [5.74, 6) is 1.57. The minimum Gasteiger partial charge on any atom is -0.496 e. The standard InChI is InChI=1S/C23H28N2O4/c1-15-6-10-21(28-3)19(13-15)16(2)24-22(26)5-4-12-29-18-8-9-20-17(14-18)7-11-23(27)25-20/h6,8-10,13-14,16H,4-5,7,11-12H2,1-3H3,(H,24,26)(H,25,27). The van der Waals surface area contributed by atoms with Gasteiger partial charge < -0.3 is 20.1 Å². The van der Waals surface area contributed by atoms with Crippen molar-refractivity contribution in [1.29, 1.82) is 0 Å². The van der Waals surface area contributed by atoms with Crippen LogP contribution in [0.4, 0.5) is 5.69 Å². The SMILES string of the molecule is COc1ccc(C)cc1C(C)NC(=O)CCCOc1ccc2c(c1)CCC(=O)N2. The molecule has 0 radical (unpaired) electrons. The number of rotatable bonds is 8. The van der Waals surface area contributed by atoms with E-state index in [2.05, 4.69) is 10.6 Å². The Kier molecular flexibility index (Phi) is 6.75. The molecule has 0 aromatic heterocycles. The number of fused-ring (bicyclic) bond motifs is 1. The summed E-state index contributed by atoms with van der Waals surface area (Å²) in [7, 11) is 1.63. The van der Waals surface area contributed by atoms with Gasteiger partial charge in [0.15, 0.2) is 0 Å². The van der Waals surface area contributed by atoms with Gasteiger partial charge in [-0.15, -0.1) is 0 Å². The first kappa shape index (κ1) is 20.7. The van der Waals surface area contributed by atoms with Gasteiger partial charge in [0.05, 0.1) is 19.8 Å². The van der Waals surface area contributed by atoms with Crippen molar-refractivity contribution in [2.75, 3.05) is 19.0 Å². The summed E-state index contributed by atoms with van der Waals surface area (Å²) in [5.41, 5.74) is 4.03. The van der Waals surface area contributed by atoms with Gasteiger partial charge in [0.1, 0.15) is 11.5 Å². The fraction of sp³-hybridized carbons (Fsp3) is 0.391. The molecule has 3 rings (SSSR count). The first-order chi connectivity index (χ1) is 14.0. The van der Waals surface area contributed by atoms with Crippen LogP contribution in [-0.4, -0.2) is 25.5 Å². The quantitative estimate of drug-likeness (QED) is 0.663. The Bertz CT molecular complexity index is 894. The maximum absolute atomic E-state index is 12.3. The number of methoxy groups -OCH3 is 1. The lowest BCUT2D eigenvalue weighted by Gasteiger charge is -2.18. The normalized spacial score (nSPS) is 13.8. The molecule has 0 fully saturated rings. The molecule has 1 atom stereocenters. The number of amides is 2. The molecule has 6 nitrogen and oxygen atoms in total. The summed E-state index contributed by atoms with van der Waals surface area (Å²) in [6.45, 7) is 4.43. The first-order valence-corrected chi connectivity index (χ1v) is 9.95. The van der Waals surface area contributed by atoms with Crippen LogP contribution in [0.25, 0.3) is 0 Å². The van der Waals surface area contributed by atoms with Gasteiger partial charge in [0.2, 0.25) is 11.8 Å². The summed E-state index contributed by atoms with van der Waals surface area (Å²) < 4.78 is 11.2. The Labute approximate surface area is 171 Å². The van der Waals surface area contributed by atoms with Gasteiger partial charge in [-0.05, 0) is 56.5 Å². The molecule has 0 bridgehead atoms. The van der Waals surface area contributed by atoms with Crippen LogP contribution >= 0.6 is 0 Å². The van der Waals surface area contributed by atoms with E-state index in [1.165, 1.54) is 0 Å². The molecular weight excluding hydrogens is 368 g/mol. The number of hydrogen-bond donors (Lipinski definition) is 2. The second-order valence-corrected chi connectivity index (χ2v) is 7.35. The van der Waals surface area contributed by atoms with E-state index in [1.54, 1.807) is 7.11 Å². The zero-order valence-electron chi connectivity index (χ0n) is 17.2. The number of nitrogens with one attached hydrogen (secondary N) is 2. The van der Waals surface area contributed by atoms with Crippen LogP contribution in [0.3, 0.4) is 0 Å².